The van der Waals surface area contributed by atoms with Gasteiger partial charge in [-0.05, 0) is 19.4 Å². The Kier molecular flexibility index (Phi) is 12.0. The van der Waals surface area contributed by atoms with Crippen molar-refractivity contribution in [3.8, 4) is 0 Å². The first-order valence-corrected chi connectivity index (χ1v) is 7.06. The molecule has 0 aliphatic rings. The van der Waals surface area contributed by atoms with Crippen LogP contribution in [0.25, 0.3) is 0 Å². The molecule has 0 aliphatic carbocycles. The van der Waals surface area contributed by atoms with Crippen molar-refractivity contribution in [2.45, 2.75) is 26.2 Å². The Morgan fingerprint density at radius 1 is 0.917 bits per heavy atom. The van der Waals surface area contributed by atoms with Crippen molar-refractivity contribution in [2.24, 2.45) is 0 Å². The molecule has 0 saturated carbocycles. The number of benzene rings is 1. The van der Waals surface area contributed by atoms with Gasteiger partial charge in [-0.15, -0.1) is 0 Å². The standard InChI is InChI=1S/C10H14O2.2C4H6O2/c1-10(7-11,8-12)9-5-3-2-4-6-9;2*1-3(2)4(5)6/h2-6,11-12H,7-8H2,1H3;2*1H2,2H3,(H,5,6). The molecule has 6 heteroatoms. The minimum Gasteiger partial charge on any atom is -0.478 e. The van der Waals surface area contributed by atoms with Crippen LogP contribution in [0.15, 0.2) is 54.6 Å². The summed E-state index contributed by atoms with van der Waals surface area (Å²) >= 11 is 0. The summed E-state index contributed by atoms with van der Waals surface area (Å²) in [5.74, 6) is -1.87. The van der Waals surface area contributed by atoms with E-state index >= 15 is 0 Å². The molecule has 0 radical (unpaired) electrons. The number of carboxylic acids is 2. The molecule has 0 atom stereocenters. The maximum absolute atomic E-state index is 9.60. The molecular formula is C18H26O6. The highest BCUT2D eigenvalue weighted by Gasteiger charge is 2.24. The summed E-state index contributed by atoms with van der Waals surface area (Å²) in [5, 5.41) is 33.9. The summed E-state index contributed by atoms with van der Waals surface area (Å²) in [5.41, 5.74) is 0.807. The summed E-state index contributed by atoms with van der Waals surface area (Å²) in [6.45, 7) is 11.0. The van der Waals surface area contributed by atoms with Gasteiger partial charge >= 0.3 is 11.9 Å². The number of rotatable bonds is 5. The molecule has 0 amide bonds. The summed E-state index contributed by atoms with van der Waals surface area (Å²) in [6.07, 6.45) is 0. The Labute approximate surface area is 142 Å². The van der Waals surface area contributed by atoms with Crippen LogP contribution in [0.5, 0.6) is 0 Å². The van der Waals surface area contributed by atoms with Crippen molar-refractivity contribution < 1.29 is 30.0 Å². The van der Waals surface area contributed by atoms with E-state index in [9.17, 15) is 9.59 Å². The Morgan fingerprint density at radius 3 is 1.42 bits per heavy atom. The number of hydrogen-bond donors (Lipinski definition) is 4. The first kappa shape index (κ1) is 23.8. The van der Waals surface area contributed by atoms with Crippen LogP contribution in [0.2, 0.25) is 0 Å². The summed E-state index contributed by atoms with van der Waals surface area (Å²) in [6, 6.07) is 9.54. The fourth-order valence-corrected chi connectivity index (χ4v) is 1.07. The third-order valence-corrected chi connectivity index (χ3v) is 2.90. The molecule has 0 aromatic heterocycles. The normalized spacial score (nSPS) is 9.54. The number of aliphatic carboxylic acids is 2. The lowest BCUT2D eigenvalue weighted by Crippen LogP contribution is -2.30. The van der Waals surface area contributed by atoms with E-state index in [0.29, 0.717) is 0 Å². The van der Waals surface area contributed by atoms with Crippen LogP contribution < -0.4 is 0 Å². The molecule has 6 nitrogen and oxygen atoms in total. The van der Waals surface area contributed by atoms with Crippen molar-refractivity contribution in [1.82, 2.24) is 0 Å². The SMILES string of the molecule is C=C(C)C(=O)O.C=C(C)C(=O)O.CC(CO)(CO)c1ccccc1. The summed E-state index contributed by atoms with van der Waals surface area (Å²) in [7, 11) is 0. The van der Waals surface area contributed by atoms with Crippen LogP contribution in [-0.2, 0) is 15.0 Å². The largest absolute Gasteiger partial charge is 0.478 e. The van der Waals surface area contributed by atoms with Crippen molar-refractivity contribution >= 4 is 11.9 Å². The number of carbonyl (C=O) groups is 2. The van der Waals surface area contributed by atoms with Gasteiger partial charge in [0.05, 0.1) is 13.2 Å². The van der Waals surface area contributed by atoms with E-state index in [1.54, 1.807) is 0 Å². The molecule has 0 aliphatic heterocycles. The van der Waals surface area contributed by atoms with Gasteiger partial charge in [0.15, 0.2) is 0 Å². The molecular weight excluding hydrogens is 312 g/mol. The highest BCUT2D eigenvalue weighted by atomic mass is 16.4. The third-order valence-electron chi connectivity index (χ3n) is 2.90. The molecule has 0 saturated heterocycles. The second-order valence-corrected chi connectivity index (χ2v) is 5.41. The summed E-state index contributed by atoms with van der Waals surface area (Å²) in [4.78, 5) is 19.2. The Hall–Kier alpha value is -2.44. The Morgan fingerprint density at radius 2 is 1.21 bits per heavy atom. The number of hydrogen-bond acceptors (Lipinski definition) is 4. The highest BCUT2D eigenvalue weighted by Crippen LogP contribution is 2.21. The molecule has 0 bridgehead atoms. The Balaban J connectivity index is 0. The molecule has 1 aromatic carbocycles. The van der Waals surface area contributed by atoms with Crippen molar-refractivity contribution in [2.75, 3.05) is 13.2 Å². The average molecular weight is 338 g/mol. The van der Waals surface area contributed by atoms with Gasteiger partial charge in [0.2, 0.25) is 0 Å². The third kappa shape index (κ3) is 10.3. The topological polar surface area (TPSA) is 115 Å². The fourth-order valence-electron chi connectivity index (χ4n) is 1.07. The van der Waals surface area contributed by atoms with Gasteiger partial charge in [-0.25, -0.2) is 9.59 Å². The molecule has 0 fully saturated rings. The number of carboxylic acid groups (broad SMARTS) is 2. The van der Waals surface area contributed by atoms with Crippen LogP contribution in [0.1, 0.15) is 26.3 Å². The van der Waals surface area contributed by atoms with Gasteiger partial charge < -0.3 is 20.4 Å². The van der Waals surface area contributed by atoms with E-state index in [4.69, 9.17) is 20.4 Å². The number of aliphatic hydroxyl groups excluding tert-OH is 2. The van der Waals surface area contributed by atoms with Gasteiger partial charge in [0.25, 0.3) is 0 Å². The van der Waals surface area contributed by atoms with Gasteiger partial charge in [-0.1, -0.05) is 50.4 Å². The predicted molar refractivity (Wildman–Crippen MR) is 92.9 cm³/mol. The lowest BCUT2D eigenvalue weighted by molar-refractivity contribution is -0.133. The summed E-state index contributed by atoms with van der Waals surface area (Å²) < 4.78 is 0. The molecule has 0 heterocycles. The molecule has 0 spiro atoms. The van der Waals surface area contributed by atoms with Crippen molar-refractivity contribution in [3.05, 3.63) is 60.2 Å². The zero-order chi connectivity index (χ0) is 19.3. The molecule has 1 aromatic rings. The monoisotopic (exact) mass is 338 g/mol. The second kappa shape index (κ2) is 12.0. The maximum atomic E-state index is 9.60. The van der Waals surface area contributed by atoms with E-state index in [0.717, 1.165) is 5.56 Å². The predicted octanol–water partition coefficient (Wildman–Crippen LogP) is 2.22. The lowest BCUT2D eigenvalue weighted by atomic mass is 9.84. The minimum atomic E-state index is -0.935. The van der Waals surface area contributed by atoms with Crippen LogP contribution in [0, 0.1) is 0 Å². The fraction of sp³-hybridized carbons (Fsp3) is 0.333. The van der Waals surface area contributed by atoms with Crippen LogP contribution >= 0.6 is 0 Å². The van der Waals surface area contributed by atoms with Gasteiger partial charge in [-0.3, -0.25) is 0 Å². The van der Waals surface area contributed by atoms with E-state index in [-0.39, 0.29) is 24.4 Å². The van der Waals surface area contributed by atoms with Crippen LogP contribution in [0.4, 0.5) is 0 Å². The van der Waals surface area contributed by atoms with Crippen molar-refractivity contribution in [3.63, 3.8) is 0 Å². The van der Waals surface area contributed by atoms with E-state index in [1.165, 1.54) is 13.8 Å². The van der Waals surface area contributed by atoms with Crippen LogP contribution in [-0.4, -0.2) is 45.6 Å². The van der Waals surface area contributed by atoms with Crippen molar-refractivity contribution in [1.29, 1.82) is 0 Å². The average Bonchev–Trinajstić information content (AvgIpc) is 2.55. The maximum Gasteiger partial charge on any atom is 0.330 e. The molecule has 134 valence electrons. The highest BCUT2D eigenvalue weighted by molar-refractivity contribution is 5.85. The first-order chi connectivity index (χ1) is 11.0. The lowest BCUT2D eigenvalue weighted by Gasteiger charge is -2.24. The number of aliphatic hydroxyl groups is 2. The molecule has 0 unspecified atom stereocenters. The molecule has 4 N–H and O–H groups in total. The zero-order valence-corrected chi connectivity index (χ0v) is 14.3. The van der Waals surface area contributed by atoms with Crippen LogP contribution in [0.3, 0.4) is 0 Å². The van der Waals surface area contributed by atoms with E-state index < -0.39 is 17.4 Å². The minimum absolute atomic E-state index is 0.0342. The molecule has 1 rings (SSSR count). The Bertz CT molecular complexity index is 496. The van der Waals surface area contributed by atoms with E-state index in [1.807, 2.05) is 37.3 Å². The zero-order valence-electron chi connectivity index (χ0n) is 14.3. The quantitative estimate of drug-likeness (QED) is 0.612. The molecule has 24 heavy (non-hydrogen) atoms. The van der Waals surface area contributed by atoms with E-state index in [2.05, 4.69) is 13.2 Å². The van der Waals surface area contributed by atoms with Gasteiger partial charge in [0, 0.05) is 16.6 Å². The first-order valence-electron chi connectivity index (χ1n) is 7.06. The smallest absolute Gasteiger partial charge is 0.330 e. The second-order valence-electron chi connectivity index (χ2n) is 5.41. The van der Waals surface area contributed by atoms with Gasteiger partial charge in [-0.2, -0.15) is 0 Å². The van der Waals surface area contributed by atoms with Gasteiger partial charge in [0.1, 0.15) is 0 Å².